The largest absolute Gasteiger partial charge is 0.494 e. The van der Waals surface area contributed by atoms with Crippen molar-refractivity contribution < 1.29 is 13.9 Å². The highest BCUT2D eigenvalue weighted by atomic mass is 16.5. The smallest absolute Gasteiger partial charge is 0.344 e. The van der Waals surface area contributed by atoms with Crippen LogP contribution in [0, 0.1) is 0 Å². The van der Waals surface area contributed by atoms with Crippen LogP contribution in [-0.4, -0.2) is 13.2 Å². The molecule has 0 saturated heterocycles. The molecule has 0 amide bonds. The van der Waals surface area contributed by atoms with Crippen molar-refractivity contribution in [3.05, 3.63) is 46.8 Å². The van der Waals surface area contributed by atoms with Crippen LogP contribution < -0.4 is 15.1 Å². The van der Waals surface area contributed by atoms with Crippen LogP contribution in [0.3, 0.4) is 0 Å². The lowest BCUT2D eigenvalue weighted by Gasteiger charge is -2.12. The number of rotatable bonds is 4. The third-order valence-corrected chi connectivity index (χ3v) is 3.27. The molecular weight excluding hydrogens is 268 g/mol. The van der Waals surface area contributed by atoms with Gasteiger partial charge in [-0.25, -0.2) is 4.79 Å². The molecule has 0 N–H and O–H groups in total. The minimum Gasteiger partial charge on any atom is -0.494 e. The average Bonchev–Trinajstić information content (AvgIpc) is 2.48. The van der Waals surface area contributed by atoms with E-state index in [0.29, 0.717) is 35.7 Å². The van der Waals surface area contributed by atoms with Gasteiger partial charge in [0.05, 0.1) is 24.0 Å². The van der Waals surface area contributed by atoms with E-state index < -0.39 is 0 Å². The van der Waals surface area contributed by atoms with Crippen molar-refractivity contribution in [1.29, 1.82) is 0 Å². The molecule has 0 radical (unpaired) electrons. The third kappa shape index (κ3) is 2.33. The normalized spacial score (nSPS) is 11.0. The van der Waals surface area contributed by atoms with E-state index in [2.05, 4.69) is 0 Å². The maximum atomic E-state index is 12.1. The van der Waals surface area contributed by atoms with E-state index in [1.54, 1.807) is 12.1 Å². The van der Waals surface area contributed by atoms with E-state index in [4.69, 9.17) is 13.9 Å². The molecule has 0 aliphatic carbocycles. The lowest BCUT2D eigenvalue weighted by atomic mass is 10.1. The van der Waals surface area contributed by atoms with Gasteiger partial charge < -0.3 is 13.9 Å². The zero-order valence-electron chi connectivity index (χ0n) is 12.0. The van der Waals surface area contributed by atoms with Gasteiger partial charge in [-0.3, -0.25) is 0 Å². The number of hydrogen-bond acceptors (Lipinski definition) is 4. The number of fused-ring (bicyclic) bond motifs is 3. The second-order valence-corrected chi connectivity index (χ2v) is 4.60. The fourth-order valence-electron chi connectivity index (χ4n) is 2.47. The molecule has 1 aromatic heterocycles. The molecule has 4 nitrogen and oxygen atoms in total. The summed E-state index contributed by atoms with van der Waals surface area (Å²) in [5.41, 5.74) is 0.127. The number of ether oxygens (including phenoxy) is 2. The Morgan fingerprint density at radius 3 is 2.43 bits per heavy atom. The first-order chi connectivity index (χ1) is 10.2. The van der Waals surface area contributed by atoms with Gasteiger partial charge in [0.15, 0.2) is 0 Å². The molecule has 1 heterocycles. The number of hydrogen-bond donors (Lipinski definition) is 0. The summed E-state index contributed by atoms with van der Waals surface area (Å²) in [5.74, 6) is 1.30. The van der Waals surface area contributed by atoms with Gasteiger partial charge in [-0.1, -0.05) is 18.2 Å². The van der Waals surface area contributed by atoms with Crippen molar-refractivity contribution in [1.82, 2.24) is 0 Å². The lowest BCUT2D eigenvalue weighted by Crippen LogP contribution is -2.02. The fourth-order valence-corrected chi connectivity index (χ4v) is 2.47. The van der Waals surface area contributed by atoms with E-state index in [9.17, 15) is 4.79 Å². The Labute approximate surface area is 121 Å². The monoisotopic (exact) mass is 284 g/mol. The van der Waals surface area contributed by atoms with Crippen molar-refractivity contribution >= 4 is 21.7 Å². The Morgan fingerprint density at radius 1 is 1.00 bits per heavy atom. The summed E-state index contributed by atoms with van der Waals surface area (Å²) in [4.78, 5) is 12.1. The van der Waals surface area contributed by atoms with Gasteiger partial charge in [0.25, 0.3) is 0 Å². The van der Waals surface area contributed by atoms with Gasteiger partial charge in [-0.2, -0.15) is 0 Å². The predicted molar refractivity (Wildman–Crippen MR) is 82.3 cm³/mol. The number of benzene rings is 2. The van der Waals surface area contributed by atoms with Crippen LogP contribution in [0.5, 0.6) is 11.5 Å². The van der Waals surface area contributed by atoms with E-state index >= 15 is 0 Å². The summed E-state index contributed by atoms with van der Waals surface area (Å²) in [7, 11) is 0. The van der Waals surface area contributed by atoms with Crippen LogP contribution in [0.4, 0.5) is 0 Å². The molecule has 0 aliphatic heterocycles. The third-order valence-electron chi connectivity index (χ3n) is 3.27. The molecular formula is C17H16O4. The Morgan fingerprint density at radius 2 is 1.71 bits per heavy atom. The summed E-state index contributed by atoms with van der Waals surface area (Å²) < 4.78 is 16.7. The van der Waals surface area contributed by atoms with Crippen LogP contribution in [0.2, 0.25) is 0 Å². The molecule has 3 aromatic rings. The maximum Gasteiger partial charge on any atom is 0.344 e. The van der Waals surface area contributed by atoms with E-state index in [0.717, 1.165) is 10.8 Å². The Bertz CT molecular complexity index is 848. The molecule has 0 aliphatic rings. The predicted octanol–water partition coefficient (Wildman–Crippen LogP) is 3.74. The van der Waals surface area contributed by atoms with Crippen molar-refractivity contribution in [2.45, 2.75) is 13.8 Å². The van der Waals surface area contributed by atoms with Gasteiger partial charge in [-0.15, -0.1) is 0 Å². The summed E-state index contributed by atoms with van der Waals surface area (Å²) in [5, 5.41) is 2.18. The molecule has 3 rings (SSSR count). The molecule has 0 unspecified atom stereocenters. The van der Waals surface area contributed by atoms with E-state index in [1.165, 1.54) is 0 Å². The SMILES string of the molecule is CCOc1cc(OCC)c2c(c1)oc(=O)c1ccccc12. The van der Waals surface area contributed by atoms with Gasteiger partial charge in [0, 0.05) is 17.5 Å². The summed E-state index contributed by atoms with van der Waals surface area (Å²) in [6.07, 6.45) is 0. The molecule has 21 heavy (non-hydrogen) atoms. The van der Waals surface area contributed by atoms with Crippen molar-refractivity contribution in [2.75, 3.05) is 13.2 Å². The average molecular weight is 284 g/mol. The van der Waals surface area contributed by atoms with Crippen molar-refractivity contribution in [2.24, 2.45) is 0 Å². The molecule has 4 heteroatoms. The van der Waals surface area contributed by atoms with Gasteiger partial charge in [0.1, 0.15) is 17.1 Å². The molecule has 108 valence electrons. The first kappa shape index (κ1) is 13.5. The highest BCUT2D eigenvalue weighted by molar-refractivity contribution is 6.07. The van der Waals surface area contributed by atoms with Gasteiger partial charge in [0.2, 0.25) is 0 Å². The topological polar surface area (TPSA) is 48.7 Å². The highest BCUT2D eigenvalue weighted by Crippen LogP contribution is 2.35. The van der Waals surface area contributed by atoms with Crippen LogP contribution in [0.25, 0.3) is 21.7 Å². The van der Waals surface area contributed by atoms with Crippen LogP contribution in [0.15, 0.2) is 45.6 Å². The molecule has 0 bridgehead atoms. The Balaban J connectivity index is 2.43. The summed E-state index contributed by atoms with van der Waals surface area (Å²) in [6.45, 7) is 4.88. The second kappa shape index (κ2) is 5.48. The van der Waals surface area contributed by atoms with Crippen LogP contribution in [0.1, 0.15) is 13.8 Å². The fraction of sp³-hybridized carbons (Fsp3) is 0.235. The minimum absolute atomic E-state index is 0.353. The first-order valence-electron chi connectivity index (χ1n) is 6.99. The Hall–Kier alpha value is -2.49. The molecule has 2 aromatic carbocycles. The zero-order chi connectivity index (χ0) is 14.8. The standard InChI is InChI=1S/C17H16O4/c1-3-19-11-9-14(20-4-2)16-12-7-5-6-8-13(12)17(18)21-15(16)10-11/h5-10H,3-4H2,1-2H3. The molecule has 0 saturated carbocycles. The lowest BCUT2D eigenvalue weighted by molar-refractivity contribution is 0.325. The van der Waals surface area contributed by atoms with Gasteiger partial charge >= 0.3 is 5.63 Å². The van der Waals surface area contributed by atoms with E-state index in [1.807, 2.05) is 38.1 Å². The highest BCUT2D eigenvalue weighted by Gasteiger charge is 2.14. The van der Waals surface area contributed by atoms with Crippen molar-refractivity contribution in [3.63, 3.8) is 0 Å². The summed E-state index contributed by atoms with van der Waals surface area (Å²) >= 11 is 0. The van der Waals surface area contributed by atoms with Gasteiger partial charge in [-0.05, 0) is 19.9 Å². The minimum atomic E-state index is -0.353. The Kier molecular flexibility index (Phi) is 3.52. The molecule has 0 spiro atoms. The van der Waals surface area contributed by atoms with Crippen LogP contribution in [-0.2, 0) is 0 Å². The zero-order valence-corrected chi connectivity index (χ0v) is 12.0. The summed E-state index contributed by atoms with van der Waals surface area (Å²) in [6, 6.07) is 10.9. The second-order valence-electron chi connectivity index (χ2n) is 4.60. The first-order valence-corrected chi connectivity index (χ1v) is 6.99. The maximum absolute atomic E-state index is 12.1. The quantitative estimate of drug-likeness (QED) is 0.541. The molecule has 0 fully saturated rings. The van der Waals surface area contributed by atoms with Crippen molar-refractivity contribution in [3.8, 4) is 11.5 Å². The van der Waals surface area contributed by atoms with Crippen LogP contribution >= 0.6 is 0 Å². The molecule has 0 atom stereocenters. The van der Waals surface area contributed by atoms with E-state index in [-0.39, 0.29) is 5.63 Å².